The van der Waals surface area contributed by atoms with Gasteiger partial charge in [-0.25, -0.2) is 4.39 Å². The topological polar surface area (TPSA) is 63.0 Å². The Morgan fingerprint density at radius 2 is 1.93 bits per heavy atom. The Balaban J connectivity index is 1.65. The van der Waals surface area contributed by atoms with Crippen LogP contribution in [0, 0.1) is 5.82 Å². The van der Waals surface area contributed by atoms with E-state index in [1.54, 1.807) is 34.3 Å². The van der Waals surface area contributed by atoms with Crippen LogP contribution in [0.2, 0.25) is 0 Å². The fourth-order valence-corrected chi connectivity index (χ4v) is 3.59. The zero-order valence-electron chi connectivity index (χ0n) is 17.4. The molecule has 7 heteroatoms. The molecule has 0 N–H and O–H groups in total. The Bertz CT molecular complexity index is 801. The zero-order valence-corrected chi connectivity index (χ0v) is 17.4. The summed E-state index contributed by atoms with van der Waals surface area (Å²) in [4.78, 5) is 29.2. The van der Waals surface area contributed by atoms with E-state index in [2.05, 4.69) is 0 Å². The molecule has 1 aromatic heterocycles. The van der Waals surface area contributed by atoms with Gasteiger partial charge in [0.05, 0.1) is 31.9 Å². The fourth-order valence-electron chi connectivity index (χ4n) is 3.59. The summed E-state index contributed by atoms with van der Waals surface area (Å²) in [5, 5.41) is 0. The molecule has 1 fully saturated rings. The fraction of sp³-hybridized carbons (Fsp3) is 0.478. The molecule has 1 unspecified atom stereocenters. The highest BCUT2D eigenvalue weighted by atomic mass is 19.1. The molecule has 6 nitrogen and oxygen atoms in total. The van der Waals surface area contributed by atoms with Crippen LogP contribution in [0.5, 0.6) is 0 Å². The average molecular weight is 416 g/mol. The molecule has 1 aliphatic rings. The predicted octanol–water partition coefficient (Wildman–Crippen LogP) is 3.41. The van der Waals surface area contributed by atoms with Gasteiger partial charge in [-0.2, -0.15) is 0 Å². The van der Waals surface area contributed by atoms with Crippen LogP contribution in [-0.2, 0) is 27.3 Å². The first-order valence-electron chi connectivity index (χ1n) is 10.5. The number of amides is 2. The van der Waals surface area contributed by atoms with Gasteiger partial charge in [-0.1, -0.05) is 19.1 Å². The van der Waals surface area contributed by atoms with Crippen LogP contribution in [-0.4, -0.2) is 54.0 Å². The first-order chi connectivity index (χ1) is 14.5. The molecule has 162 valence electrons. The minimum Gasteiger partial charge on any atom is -0.467 e. The van der Waals surface area contributed by atoms with Crippen molar-refractivity contribution in [2.24, 2.45) is 0 Å². The second-order valence-electron chi connectivity index (χ2n) is 7.61. The molecule has 30 heavy (non-hydrogen) atoms. The number of hydrogen-bond donors (Lipinski definition) is 0. The lowest BCUT2D eigenvalue weighted by Gasteiger charge is -2.28. The first-order valence-corrected chi connectivity index (χ1v) is 10.5. The number of ether oxygens (including phenoxy) is 1. The summed E-state index contributed by atoms with van der Waals surface area (Å²) in [5.41, 5.74) is 0.724. The van der Waals surface area contributed by atoms with Gasteiger partial charge in [0.1, 0.15) is 11.6 Å². The van der Waals surface area contributed by atoms with Gasteiger partial charge in [0.2, 0.25) is 11.8 Å². The Hall–Kier alpha value is -2.67. The molecule has 0 spiro atoms. The summed E-state index contributed by atoms with van der Waals surface area (Å²) in [7, 11) is 0. The van der Waals surface area contributed by atoms with Crippen molar-refractivity contribution >= 4 is 11.8 Å². The molecule has 2 aromatic rings. The summed E-state index contributed by atoms with van der Waals surface area (Å²) < 4.78 is 24.3. The minimum absolute atomic E-state index is 0.00129. The highest BCUT2D eigenvalue weighted by Gasteiger charge is 2.26. The van der Waals surface area contributed by atoms with Crippen molar-refractivity contribution in [2.45, 2.75) is 45.3 Å². The van der Waals surface area contributed by atoms with Crippen molar-refractivity contribution in [1.29, 1.82) is 0 Å². The quantitative estimate of drug-likeness (QED) is 0.596. The summed E-state index contributed by atoms with van der Waals surface area (Å²) in [6, 6.07) is 9.49. The van der Waals surface area contributed by atoms with E-state index in [-0.39, 0.29) is 36.7 Å². The molecule has 1 atom stereocenters. The molecule has 0 aliphatic carbocycles. The second kappa shape index (κ2) is 10.9. The van der Waals surface area contributed by atoms with Gasteiger partial charge in [0, 0.05) is 19.7 Å². The SMILES string of the molecule is CCCN(CC(=O)N(Cc1ccco1)CC1CCCO1)C(=O)Cc1ccc(F)cc1. The van der Waals surface area contributed by atoms with Gasteiger partial charge < -0.3 is 19.0 Å². The van der Waals surface area contributed by atoms with E-state index in [1.165, 1.54) is 12.1 Å². The molecule has 0 saturated carbocycles. The third kappa shape index (κ3) is 6.42. The van der Waals surface area contributed by atoms with Crippen LogP contribution < -0.4 is 0 Å². The summed E-state index contributed by atoms with van der Waals surface area (Å²) in [6.07, 6.45) is 4.39. The zero-order chi connectivity index (χ0) is 21.3. The molecule has 1 aromatic carbocycles. The Labute approximate surface area is 176 Å². The molecule has 0 radical (unpaired) electrons. The summed E-state index contributed by atoms with van der Waals surface area (Å²) in [6.45, 7) is 3.99. The standard InChI is InChI=1S/C23H29FN2O4/c1-2-11-25(22(27)14-18-7-9-19(24)10-8-18)17-23(28)26(15-20-5-3-12-29-20)16-21-6-4-13-30-21/h3,5,7-10,12,21H,2,4,6,11,13-17H2,1H3. The van der Waals surface area contributed by atoms with E-state index < -0.39 is 0 Å². The maximum Gasteiger partial charge on any atom is 0.242 e. The van der Waals surface area contributed by atoms with Crippen molar-refractivity contribution in [3.63, 3.8) is 0 Å². The van der Waals surface area contributed by atoms with Crippen LogP contribution in [0.1, 0.15) is 37.5 Å². The molecule has 1 aliphatic heterocycles. The van der Waals surface area contributed by atoms with E-state index in [4.69, 9.17) is 9.15 Å². The van der Waals surface area contributed by atoms with Gasteiger partial charge in [0.15, 0.2) is 0 Å². The average Bonchev–Trinajstić information content (AvgIpc) is 3.43. The summed E-state index contributed by atoms with van der Waals surface area (Å²) >= 11 is 0. The Morgan fingerprint density at radius 1 is 1.13 bits per heavy atom. The van der Waals surface area contributed by atoms with Gasteiger partial charge in [-0.3, -0.25) is 9.59 Å². The number of carbonyl (C=O) groups excluding carboxylic acids is 2. The first kappa shape index (κ1) is 22.0. The van der Waals surface area contributed by atoms with E-state index in [9.17, 15) is 14.0 Å². The van der Waals surface area contributed by atoms with Crippen molar-refractivity contribution < 1.29 is 23.1 Å². The van der Waals surface area contributed by atoms with Gasteiger partial charge in [-0.05, 0) is 49.1 Å². The van der Waals surface area contributed by atoms with Crippen LogP contribution in [0.25, 0.3) is 0 Å². The number of hydrogen-bond acceptors (Lipinski definition) is 4. The minimum atomic E-state index is -0.338. The van der Waals surface area contributed by atoms with Crippen molar-refractivity contribution in [3.05, 3.63) is 59.8 Å². The van der Waals surface area contributed by atoms with Crippen LogP contribution in [0.15, 0.2) is 47.1 Å². The number of nitrogens with zero attached hydrogens (tertiary/aromatic N) is 2. The maximum atomic E-state index is 13.1. The lowest BCUT2D eigenvalue weighted by molar-refractivity contribution is -0.141. The van der Waals surface area contributed by atoms with Gasteiger partial charge in [-0.15, -0.1) is 0 Å². The molecule has 3 rings (SSSR count). The highest BCUT2D eigenvalue weighted by Crippen LogP contribution is 2.16. The van der Waals surface area contributed by atoms with Gasteiger partial charge >= 0.3 is 0 Å². The number of rotatable bonds is 10. The van der Waals surface area contributed by atoms with Gasteiger partial charge in [0.25, 0.3) is 0 Å². The van der Waals surface area contributed by atoms with Crippen molar-refractivity contribution in [2.75, 3.05) is 26.2 Å². The molecule has 2 heterocycles. The van der Waals surface area contributed by atoms with Crippen LogP contribution in [0.4, 0.5) is 4.39 Å². The Morgan fingerprint density at radius 3 is 2.57 bits per heavy atom. The van der Waals surface area contributed by atoms with E-state index in [0.717, 1.165) is 24.8 Å². The number of furan rings is 1. The molecule has 1 saturated heterocycles. The normalized spacial score (nSPS) is 15.9. The summed E-state index contributed by atoms with van der Waals surface area (Å²) in [5.74, 6) is 0.0743. The predicted molar refractivity (Wildman–Crippen MR) is 110 cm³/mol. The smallest absolute Gasteiger partial charge is 0.242 e. The molecular weight excluding hydrogens is 387 g/mol. The number of carbonyl (C=O) groups is 2. The van der Waals surface area contributed by atoms with E-state index >= 15 is 0 Å². The lowest BCUT2D eigenvalue weighted by Crippen LogP contribution is -2.45. The van der Waals surface area contributed by atoms with Crippen LogP contribution in [0.3, 0.4) is 0 Å². The molecular formula is C23H29FN2O4. The third-order valence-electron chi connectivity index (χ3n) is 5.17. The highest BCUT2D eigenvalue weighted by molar-refractivity contribution is 5.86. The third-order valence-corrected chi connectivity index (χ3v) is 5.17. The second-order valence-corrected chi connectivity index (χ2v) is 7.61. The largest absolute Gasteiger partial charge is 0.467 e. The Kier molecular flexibility index (Phi) is 8.02. The van der Waals surface area contributed by atoms with Crippen LogP contribution >= 0.6 is 0 Å². The molecule has 2 amide bonds. The van der Waals surface area contributed by atoms with E-state index in [1.807, 2.05) is 13.0 Å². The van der Waals surface area contributed by atoms with Crippen molar-refractivity contribution in [1.82, 2.24) is 9.80 Å². The lowest BCUT2D eigenvalue weighted by atomic mass is 10.1. The monoisotopic (exact) mass is 416 g/mol. The number of halogens is 1. The van der Waals surface area contributed by atoms with E-state index in [0.29, 0.717) is 32.0 Å². The van der Waals surface area contributed by atoms with Crippen molar-refractivity contribution in [3.8, 4) is 0 Å². The molecule has 0 bridgehead atoms. The number of benzene rings is 1. The maximum absolute atomic E-state index is 13.1.